The number of rotatable bonds is 6. The van der Waals surface area contributed by atoms with Gasteiger partial charge in [0, 0.05) is 11.6 Å². The molecule has 1 rings (SSSR count). The summed E-state index contributed by atoms with van der Waals surface area (Å²) in [4.78, 5) is 11.4. The van der Waals surface area contributed by atoms with Crippen molar-refractivity contribution in [3.05, 3.63) is 30.3 Å². The van der Waals surface area contributed by atoms with Gasteiger partial charge < -0.3 is 19.5 Å². The third kappa shape index (κ3) is 7.75. The summed E-state index contributed by atoms with van der Waals surface area (Å²) in [5.74, 6) is -0.235. The van der Waals surface area contributed by atoms with Gasteiger partial charge in [-0.05, 0) is 32.9 Å². The van der Waals surface area contributed by atoms with E-state index in [2.05, 4.69) is 16.6 Å². The summed E-state index contributed by atoms with van der Waals surface area (Å²) in [6, 6.07) is 3.98. The molecule has 24 heavy (non-hydrogen) atoms. The second-order valence-electron chi connectivity index (χ2n) is 5.73. The van der Waals surface area contributed by atoms with Crippen LogP contribution in [0.4, 0.5) is 18.0 Å². The molecule has 1 aromatic rings. The summed E-state index contributed by atoms with van der Waals surface area (Å²) in [6.07, 6.45) is -4.17. The lowest BCUT2D eigenvalue weighted by atomic mass is 10.2. The van der Waals surface area contributed by atoms with E-state index in [0.29, 0.717) is 0 Å². The van der Waals surface area contributed by atoms with Crippen molar-refractivity contribution in [1.82, 2.24) is 5.32 Å². The summed E-state index contributed by atoms with van der Waals surface area (Å²) in [6.45, 7) is 8.80. The third-order valence-electron chi connectivity index (χ3n) is 2.47. The second kappa shape index (κ2) is 7.94. The lowest BCUT2D eigenvalue weighted by molar-refractivity contribution is -0.274. The average molecular weight is 347 g/mol. The summed E-state index contributed by atoms with van der Waals surface area (Å²) in [5.41, 5.74) is -0.429. The molecule has 0 fully saturated rings. The summed E-state index contributed by atoms with van der Waals surface area (Å²) >= 11 is 0. The number of benzene rings is 1. The van der Waals surface area contributed by atoms with Gasteiger partial charge in [0.15, 0.2) is 0 Å². The van der Waals surface area contributed by atoms with Crippen molar-refractivity contribution in [1.29, 1.82) is 0 Å². The van der Waals surface area contributed by atoms with Crippen molar-refractivity contribution < 1.29 is 32.2 Å². The van der Waals surface area contributed by atoms with Crippen LogP contribution in [-0.2, 0) is 4.74 Å². The zero-order chi connectivity index (χ0) is 18.4. The Kier molecular flexibility index (Phi) is 6.51. The Hall–Kier alpha value is -2.38. The summed E-state index contributed by atoms with van der Waals surface area (Å²) in [5, 5.41) is 2.47. The first-order valence-corrected chi connectivity index (χ1v) is 7.12. The molecule has 0 unspecified atom stereocenters. The van der Waals surface area contributed by atoms with Gasteiger partial charge in [0.05, 0.1) is 6.54 Å². The predicted octanol–water partition coefficient (Wildman–Crippen LogP) is 4.13. The van der Waals surface area contributed by atoms with Gasteiger partial charge in [-0.2, -0.15) is 0 Å². The Morgan fingerprint density at radius 1 is 1.29 bits per heavy atom. The van der Waals surface area contributed by atoms with Gasteiger partial charge in [0.1, 0.15) is 23.7 Å². The van der Waals surface area contributed by atoms with E-state index < -0.39 is 23.8 Å². The van der Waals surface area contributed by atoms with E-state index in [1.54, 1.807) is 20.8 Å². The lowest BCUT2D eigenvalue weighted by Crippen LogP contribution is -2.34. The zero-order valence-corrected chi connectivity index (χ0v) is 13.7. The van der Waals surface area contributed by atoms with Gasteiger partial charge in [0.25, 0.3) is 0 Å². The molecule has 0 atom stereocenters. The van der Waals surface area contributed by atoms with Crippen molar-refractivity contribution in [2.45, 2.75) is 32.7 Å². The topological polar surface area (TPSA) is 56.8 Å². The normalized spacial score (nSPS) is 11.6. The quantitative estimate of drug-likeness (QED) is 0.786. The molecule has 0 aliphatic rings. The molecule has 0 saturated heterocycles. The van der Waals surface area contributed by atoms with Crippen LogP contribution in [0, 0.1) is 0 Å². The number of hydrogen-bond acceptors (Lipinski definition) is 4. The molecule has 134 valence electrons. The summed E-state index contributed by atoms with van der Waals surface area (Å²) in [7, 11) is 0. The van der Waals surface area contributed by atoms with E-state index in [9.17, 15) is 18.0 Å². The molecule has 0 heterocycles. The maximum atomic E-state index is 12.4. The number of ether oxygens (including phenoxy) is 3. The fraction of sp³-hybridized carbons (Fsp3) is 0.438. The number of nitrogens with one attached hydrogen (secondary N) is 1. The molecule has 1 aromatic carbocycles. The second-order valence-corrected chi connectivity index (χ2v) is 5.73. The largest absolute Gasteiger partial charge is 0.573 e. The number of alkyl halides is 3. The van der Waals surface area contributed by atoms with Crippen LogP contribution in [0.2, 0.25) is 0 Å². The van der Waals surface area contributed by atoms with Gasteiger partial charge in [0.2, 0.25) is 0 Å². The van der Waals surface area contributed by atoms with Crippen LogP contribution in [0.3, 0.4) is 0 Å². The first kappa shape index (κ1) is 19.7. The molecule has 0 aliphatic heterocycles. The van der Waals surface area contributed by atoms with Gasteiger partial charge in [-0.3, -0.25) is 0 Å². The van der Waals surface area contributed by atoms with Crippen molar-refractivity contribution >= 4 is 12.2 Å². The molecule has 0 bridgehead atoms. The Bertz CT molecular complexity index is 580. The minimum atomic E-state index is -4.81. The van der Waals surface area contributed by atoms with Crippen LogP contribution in [-0.4, -0.2) is 31.2 Å². The maximum absolute atomic E-state index is 12.4. The third-order valence-corrected chi connectivity index (χ3v) is 2.47. The molecular formula is C16H20F3NO4. The van der Waals surface area contributed by atoms with E-state index in [1.165, 1.54) is 18.2 Å². The molecular weight excluding hydrogens is 327 g/mol. The van der Waals surface area contributed by atoms with E-state index in [-0.39, 0.29) is 24.5 Å². The van der Waals surface area contributed by atoms with Crippen molar-refractivity contribution in [2.75, 3.05) is 13.2 Å². The summed E-state index contributed by atoms with van der Waals surface area (Å²) < 4.78 is 51.3. The molecule has 5 nitrogen and oxygen atoms in total. The first-order chi connectivity index (χ1) is 11.0. The molecule has 0 aromatic heterocycles. The van der Waals surface area contributed by atoms with Crippen LogP contribution in [0.25, 0.3) is 6.08 Å². The highest BCUT2D eigenvalue weighted by molar-refractivity contribution is 5.67. The lowest BCUT2D eigenvalue weighted by Gasteiger charge is -2.19. The van der Waals surface area contributed by atoms with Gasteiger partial charge in [-0.15, -0.1) is 13.2 Å². The Morgan fingerprint density at radius 2 is 1.96 bits per heavy atom. The smallest absolute Gasteiger partial charge is 0.492 e. The number of hydrogen-bond donors (Lipinski definition) is 1. The minimum absolute atomic E-state index is 0.0537. The van der Waals surface area contributed by atoms with Crippen LogP contribution in [0.5, 0.6) is 11.5 Å². The fourth-order valence-corrected chi connectivity index (χ4v) is 1.62. The number of alkyl carbamates (subject to hydrolysis) is 1. The number of halogens is 3. The van der Waals surface area contributed by atoms with Crippen LogP contribution in [0.1, 0.15) is 26.3 Å². The van der Waals surface area contributed by atoms with E-state index in [1.807, 2.05) is 0 Å². The number of amides is 1. The van der Waals surface area contributed by atoms with Gasteiger partial charge in [-0.25, -0.2) is 4.79 Å². The first-order valence-electron chi connectivity index (χ1n) is 7.12. The van der Waals surface area contributed by atoms with E-state index in [4.69, 9.17) is 9.47 Å². The maximum Gasteiger partial charge on any atom is 0.573 e. The van der Waals surface area contributed by atoms with Crippen molar-refractivity contribution in [3.8, 4) is 11.5 Å². The van der Waals surface area contributed by atoms with Gasteiger partial charge in [-0.1, -0.05) is 12.7 Å². The SMILES string of the molecule is C=Cc1ccc(OCCNC(=O)OC(C)(C)C)cc1OC(F)(F)F. The predicted molar refractivity (Wildman–Crippen MR) is 82.9 cm³/mol. The molecule has 0 spiro atoms. The molecule has 0 saturated carbocycles. The molecule has 0 aliphatic carbocycles. The van der Waals surface area contributed by atoms with Crippen LogP contribution >= 0.6 is 0 Å². The molecule has 1 amide bonds. The standard InChI is InChI=1S/C16H20F3NO4/c1-5-11-6-7-12(10-13(11)23-16(17,18)19)22-9-8-20-14(21)24-15(2,3)4/h5-7,10H,1,8-9H2,2-4H3,(H,20,21). The van der Waals surface area contributed by atoms with Crippen LogP contribution in [0.15, 0.2) is 24.8 Å². The molecule has 8 heteroatoms. The highest BCUT2D eigenvalue weighted by atomic mass is 19.4. The highest BCUT2D eigenvalue weighted by Crippen LogP contribution is 2.30. The van der Waals surface area contributed by atoms with E-state index in [0.717, 1.165) is 6.07 Å². The van der Waals surface area contributed by atoms with Gasteiger partial charge >= 0.3 is 12.5 Å². The fourth-order valence-electron chi connectivity index (χ4n) is 1.62. The average Bonchev–Trinajstić information content (AvgIpc) is 2.40. The Balaban J connectivity index is 2.55. The number of carbonyl (C=O) groups is 1. The zero-order valence-electron chi connectivity index (χ0n) is 13.7. The Labute approximate surface area is 138 Å². The molecule has 1 N–H and O–H groups in total. The Morgan fingerprint density at radius 3 is 2.50 bits per heavy atom. The van der Waals surface area contributed by atoms with Crippen molar-refractivity contribution in [2.24, 2.45) is 0 Å². The minimum Gasteiger partial charge on any atom is -0.492 e. The molecule has 0 radical (unpaired) electrons. The van der Waals surface area contributed by atoms with Crippen molar-refractivity contribution in [3.63, 3.8) is 0 Å². The monoisotopic (exact) mass is 347 g/mol. The van der Waals surface area contributed by atoms with Crippen LogP contribution < -0.4 is 14.8 Å². The number of carbonyl (C=O) groups excluding carboxylic acids is 1. The van der Waals surface area contributed by atoms with E-state index >= 15 is 0 Å². The highest BCUT2D eigenvalue weighted by Gasteiger charge is 2.32.